The van der Waals surface area contributed by atoms with Crippen molar-refractivity contribution in [3.63, 3.8) is 0 Å². The number of rotatable bonds is 6. The molecule has 0 radical (unpaired) electrons. The third-order valence-corrected chi connectivity index (χ3v) is 14.3. The van der Waals surface area contributed by atoms with Crippen LogP contribution in [0.4, 0.5) is 0 Å². The molecule has 3 nitrogen and oxygen atoms in total. The SMILES string of the molecule is c1ccc(-c2n[c]([Ir]([c]3cc4ccccc4c(-c4ccccc4)n3)[c]3cc4ccccc4c(-c4ccccc4)n3)cc3ccccc23)cc1. The predicted octanol–water partition coefficient (Wildman–Crippen LogP) is 9.23. The van der Waals surface area contributed by atoms with E-state index in [4.69, 9.17) is 15.0 Å². The van der Waals surface area contributed by atoms with Crippen molar-refractivity contribution >= 4 is 44.9 Å². The molecule has 0 aliphatic heterocycles. The van der Waals surface area contributed by atoms with Gasteiger partial charge in [0.25, 0.3) is 0 Å². The van der Waals surface area contributed by atoms with Gasteiger partial charge in [0.05, 0.1) is 0 Å². The van der Waals surface area contributed by atoms with Crippen molar-refractivity contribution in [3.05, 3.63) is 182 Å². The van der Waals surface area contributed by atoms with E-state index >= 15 is 0 Å². The number of hydrogen-bond donors (Lipinski definition) is 0. The molecule has 0 aliphatic rings. The van der Waals surface area contributed by atoms with Gasteiger partial charge in [-0.1, -0.05) is 0 Å². The Morgan fingerprint density at radius 2 is 0.551 bits per heavy atom. The van der Waals surface area contributed by atoms with Crippen LogP contribution in [0.15, 0.2) is 182 Å². The van der Waals surface area contributed by atoms with Crippen LogP contribution in [0.3, 0.4) is 0 Å². The summed E-state index contributed by atoms with van der Waals surface area (Å²) < 4.78 is 3.21. The molecule has 0 aliphatic carbocycles. The third kappa shape index (κ3) is 5.51. The van der Waals surface area contributed by atoms with Crippen molar-refractivity contribution in [2.45, 2.75) is 0 Å². The monoisotopic (exact) mass is 805 g/mol. The Morgan fingerprint density at radius 1 is 0.286 bits per heavy atom. The van der Waals surface area contributed by atoms with Crippen molar-refractivity contribution in [2.75, 3.05) is 0 Å². The molecule has 0 amide bonds. The van der Waals surface area contributed by atoms with E-state index in [1.165, 1.54) is 16.2 Å². The molecule has 0 bridgehead atoms. The number of hydrogen-bond acceptors (Lipinski definition) is 3. The molecule has 0 fully saturated rings. The standard InChI is InChI=1S/3C15H10N.Ir/c3*1-2-7-13(8-3-1)15-14-9-5-4-6-12(14)10-11-16-15;/h3*1-10H;. The molecule has 0 saturated carbocycles. The van der Waals surface area contributed by atoms with E-state index in [1.54, 1.807) is 0 Å². The molecule has 234 valence electrons. The molecule has 0 N–H and O–H groups in total. The van der Waals surface area contributed by atoms with Crippen LogP contribution in [0, 0.1) is 0 Å². The first kappa shape index (κ1) is 29.3. The first-order valence-electron chi connectivity index (χ1n) is 16.3. The third-order valence-electron chi connectivity index (χ3n) is 8.75. The van der Waals surface area contributed by atoms with Crippen LogP contribution in [-0.4, -0.2) is 15.0 Å². The van der Waals surface area contributed by atoms with Crippen molar-refractivity contribution in [2.24, 2.45) is 0 Å². The van der Waals surface area contributed by atoms with E-state index in [2.05, 4.69) is 182 Å². The first-order valence-corrected chi connectivity index (χ1v) is 19.9. The van der Waals surface area contributed by atoms with Crippen molar-refractivity contribution in [1.29, 1.82) is 0 Å². The summed E-state index contributed by atoms with van der Waals surface area (Å²) >= 11 is -2.83. The van der Waals surface area contributed by atoms with Crippen LogP contribution in [0.25, 0.3) is 66.1 Å². The molecule has 3 heterocycles. The number of nitrogens with zero attached hydrogens (tertiary/aromatic N) is 3. The van der Waals surface area contributed by atoms with E-state index in [1.807, 2.05) is 0 Å². The molecule has 0 spiro atoms. The number of pyridine rings is 3. The van der Waals surface area contributed by atoms with Crippen LogP contribution in [0.5, 0.6) is 0 Å². The summed E-state index contributed by atoms with van der Waals surface area (Å²) in [6.07, 6.45) is 0. The average molecular weight is 805 g/mol. The maximum atomic E-state index is 5.58. The molecule has 49 heavy (non-hydrogen) atoms. The van der Waals surface area contributed by atoms with Gasteiger partial charge in [0.15, 0.2) is 0 Å². The Kier molecular flexibility index (Phi) is 7.59. The normalized spacial score (nSPS) is 11.6. The zero-order valence-corrected chi connectivity index (χ0v) is 28.9. The van der Waals surface area contributed by atoms with Crippen LogP contribution in [0.2, 0.25) is 0 Å². The van der Waals surface area contributed by atoms with E-state index in [0.29, 0.717) is 0 Å². The average Bonchev–Trinajstić information content (AvgIpc) is 3.18. The second kappa shape index (κ2) is 12.7. The number of benzene rings is 6. The molecular weight excluding hydrogens is 775 g/mol. The van der Waals surface area contributed by atoms with E-state index in [9.17, 15) is 0 Å². The summed E-state index contributed by atoms with van der Waals surface area (Å²) in [7, 11) is 0. The van der Waals surface area contributed by atoms with Gasteiger partial charge in [-0.2, -0.15) is 0 Å². The number of fused-ring (bicyclic) bond motifs is 3. The molecule has 9 aromatic rings. The van der Waals surface area contributed by atoms with Gasteiger partial charge in [-0.3, -0.25) is 0 Å². The fraction of sp³-hybridized carbons (Fsp3) is 0. The van der Waals surface area contributed by atoms with Gasteiger partial charge in [0.1, 0.15) is 0 Å². The van der Waals surface area contributed by atoms with Crippen LogP contribution in [0.1, 0.15) is 0 Å². The zero-order valence-electron chi connectivity index (χ0n) is 26.5. The van der Waals surface area contributed by atoms with E-state index < -0.39 is 16.5 Å². The molecule has 0 unspecified atom stereocenters. The summed E-state index contributed by atoms with van der Waals surface area (Å²) in [6.45, 7) is 0. The Morgan fingerprint density at radius 3 is 0.857 bits per heavy atom. The minimum absolute atomic E-state index is 0.992. The fourth-order valence-electron chi connectivity index (χ4n) is 6.43. The molecule has 6 aromatic carbocycles. The Labute approximate surface area is 290 Å². The Bertz CT molecular complexity index is 2310. The molecule has 0 atom stereocenters. The Balaban J connectivity index is 1.38. The molecule has 3 aromatic heterocycles. The number of aromatic nitrogens is 3. The molecule has 4 heteroatoms. The van der Waals surface area contributed by atoms with Gasteiger partial charge in [-0.05, 0) is 0 Å². The summed E-state index contributed by atoms with van der Waals surface area (Å²) in [5.41, 5.74) is 6.29. The molecule has 9 rings (SSSR count). The first-order chi connectivity index (χ1) is 24.3. The van der Waals surface area contributed by atoms with Crippen LogP contribution < -0.4 is 12.6 Å². The minimum atomic E-state index is -2.83. The van der Waals surface area contributed by atoms with Crippen molar-refractivity contribution in [3.8, 4) is 33.8 Å². The summed E-state index contributed by atoms with van der Waals surface area (Å²) in [6, 6.07) is 64.3. The second-order valence-corrected chi connectivity index (χ2v) is 17.3. The summed E-state index contributed by atoms with van der Waals surface area (Å²) in [5, 5.41) is 6.94. The second-order valence-electron chi connectivity index (χ2n) is 11.8. The summed E-state index contributed by atoms with van der Waals surface area (Å²) in [4.78, 5) is 16.7. The topological polar surface area (TPSA) is 38.7 Å². The van der Waals surface area contributed by atoms with E-state index in [0.717, 1.165) is 62.6 Å². The molecular formula is C45H30IrN3. The molecule has 0 saturated heterocycles. The van der Waals surface area contributed by atoms with Crippen molar-refractivity contribution in [1.82, 2.24) is 15.0 Å². The van der Waals surface area contributed by atoms with E-state index in [-0.39, 0.29) is 0 Å². The summed E-state index contributed by atoms with van der Waals surface area (Å²) in [5.74, 6) is 0. The van der Waals surface area contributed by atoms with Crippen molar-refractivity contribution < 1.29 is 16.5 Å². The van der Waals surface area contributed by atoms with Gasteiger partial charge in [0, 0.05) is 0 Å². The maximum absolute atomic E-state index is 5.58. The Hall–Kier alpha value is -5.80. The van der Waals surface area contributed by atoms with Crippen LogP contribution in [-0.2, 0) is 16.5 Å². The van der Waals surface area contributed by atoms with Crippen LogP contribution >= 0.6 is 0 Å². The van der Waals surface area contributed by atoms with Gasteiger partial charge in [-0.15, -0.1) is 0 Å². The van der Waals surface area contributed by atoms with Gasteiger partial charge >= 0.3 is 292 Å². The fourth-order valence-corrected chi connectivity index (χ4v) is 12.1. The van der Waals surface area contributed by atoms with Gasteiger partial charge < -0.3 is 0 Å². The predicted molar refractivity (Wildman–Crippen MR) is 200 cm³/mol. The quantitative estimate of drug-likeness (QED) is 0.168. The zero-order chi connectivity index (χ0) is 32.6. The van der Waals surface area contributed by atoms with Gasteiger partial charge in [-0.25, -0.2) is 0 Å². The van der Waals surface area contributed by atoms with Gasteiger partial charge in [0.2, 0.25) is 0 Å².